The number of carbonyl (C=O) groups is 1. The minimum Gasteiger partial charge on any atom is -0.467 e. The Morgan fingerprint density at radius 2 is 2.33 bits per heavy atom. The number of nitrogens with one attached hydrogen (secondary N) is 2. The minimum atomic E-state index is -0.0608. The van der Waals surface area contributed by atoms with Crippen molar-refractivity contribution in [2.45, 2.75) is 13.1 Å². The molecule has 1 aromatic heterocycles. The molecule has 5 nitrogen and oxygen atoms in total. The second-order valence-corrected chi connectivity index (χ2v) is 4.21. The average Bonchev–Trinajstić information content (AvgIpc) is 2.98. The number of carbonyl (C=O) groups excluding carboxylic acids is 1. The largest absolute Gasteiger partial charge is 0.467 e. The number of benzene rings is 1. The fourth-order valence-corrected chi connectivity index (χ4v) is 2.04. The molecular formula is C13H13N3O2. The lowest BCUT2D eigenvalue weighted by molar-refractivity contribution is 0.0966. The number of rotatable bonds is 3. The molecule has 3 rings (SSSR count). The van der Waals surface area contributed by atoms with Crippen LogP contribution in [0.2, 0.25) is 0 Å². The average molecular weight is 243 g/mol. The summed E-state index contributed by atoms with van der Waals surface area (Å²) >= 11 is 0. The van der Waals surface area contributed by atoms with Gasteiger partial charge in [0.1, 0.15) is 5.76 Å². The minimum absolute atomic E-state index is 0.0608. The summed E-state index contributed by atoms with van der Waals surface area (Å²) in [6.07, 6.45) is 1.63. The Bertz CT molecular complexity index is 591. The first-order chi connectivity index (χ1) is 8.74. The Kier molecular flexibility index (Phi) is 2.44. The third-order valence-corrected chi connectivity index (χ3v) is 2.99. The van der Waals surface area contributed by atoms with Crippen molar-refractivity contribution in [2.75, 3.05) is 11.1 Å². The van der Waals surface area contributed by atoms with E-state index < -0.39 is 0 Å². The van der Waals surface area contributed by atoms with Crippen LogP contribution in [-0.4, -0.2) is 5.91 Å². The fraction of sp³-hybridized carbons (Fsp3) is 0.154. The molecule has 2 heterocycles. The van der Waals surface area contributed by atoms with Gasteiger partial charge in [0, 0.05) is 12.1 Å². The number of furan rings is 1. The van der Waals surface area contributed by atoms with Gasteiger partial charge in [0.25, 0.3) is 5.91 Å². The molecule has 92 valence electrons. The molecule has 0 radical (unpaired) electrons. The van der Waals surface area contributed by atoms with E-state index in [-0.39, 0.29) is 5.91 Å². The highest BCUT2D eigenvalue weighted by Crippen LogP contribution is 2.27. The van der Waals surface area contributed by atoms with Gasteiger partial charge in [-0.15, -0.1) is 0 Å². The number of anilines is 2. The Morgan fingerprint density at radius 3 is 3.11 bits per heavy atom. The third-order valence-electron chi connectivity index (χ3n) is 2.99. The van der Waals surface area contributed by atoms with Crippen molar-refractivity contribution >= 4 is 17.3 Å². The summed E-state index contributed by atoms with van der Waals surface area (Å²) in [5.41, 5.74) is 8.94. The smallest absolute Gasteiger partial charge is 0.251 e. The SMILES string of the molecule is Nc1cc2c(cc1NCc1ccco1)CNC2=O. The number of fused-ring (bicyclic) bond motifs is 1. The molecule has 18 heavy (non-hydrogen) atoms. The Labute approximate surface area is 104 Å². The van der Waals surface area contributed by atoms with Crippen molar-refractivity contribution in [1.29, 1.82) is 0 Å². The topological polar surface area (TPSA) is 80.3 Å². The highest BCUT2D eigenvalue weighted by atomic mass is 16.3. The van der Waals surface area contributed by atoms with Crippen molar-refractivity contribution < 1.29 is 9.21 Å². The molecule has 1 aliphatic heterocycles. The summed E-state index contributed by atoms with van der Waals surface area (Å²) in [4.78, 5) is 11.5. The summed E-state index contributed by atoms with van der Waals surface area (Å²) in [5.74, 6) is 0.776. The van der Waals surface area contributed by atoms with Crippen molar-refractivity contribution in [3.63, 3.8) is 0 Å². The van der Waals surface area contributed by atoms with Crippen LogP contribution in [0.5, 0.6) is 0 Å². The van der Waals surface area contributed by atoms with E-state index in [4.69, 9.17) is 10.2 Å². The van der Waals surface area contributed by atoms with E-state index in [2.05, 4.69) is 10.6 Å². The van der Waals surface area contributed by atoms with Gasteiger partial charge >= 0.3 is 0 Å². The summed E-state index contributed by atoms with van der Waals surface area (Å²) in [5, 5.41) is 5.97. The standard InChI is InChI=1S/C13H13N3O2/c14-11-5-10-8(6-16-13(10)17)4-12(11)15-7-9-2-1-3-18-9/h1-5,15H,6-7,14H2,(H,16,17). The monoisotopic (exact) mass is 243 g/mol. The van der Waals surface area contributed by atoms with Crippen LogP contribution in [0.1, 0.15) is 21.7 Å². The maximum Gasteiger partial charge on any atom is 0.251 e. The van der Waals surface area contributed by atoms with Gasteiger partial charge in [-0.1, -0.05) is 0 Å². The zero-order chi connectivity index (χ0) is 12.5. The van der Waals surface area contributed by atoms with Gasteiger partial charge < -0.3 is 20.8 Å². The van der Waals surface area contributed by atoms with E-state index in [1.165, 1.54) is 0 Å². The summed E-state index contributed by atoms with van der Waals surface area (Å²) in [6, 6.07) is 7.35. The second-order valence-electron chi connectivity index (χ2n) is 4.21. The molecule has 1 aliphatic rings. The molecule has 0 bridgehead atoms. The van der Waals surface area contributed by atoms with Gasteiger partial charge in [0.2, 0.25) is 0 Å². The predicted molar refractivity (Wildman–Crippen MR) is 68.1 cm³/mol. The van der Waals surface area contributed by atoms with Crippen LogP contribution < -0.4 is 16.4 Å². The van der Waals surface area contributed by atoms with Crippen LogP contribution in [-0.2, 0) is 13.1 Å². The Morgan fingerprint density at radius 1 is 1.44 bits per heavy atom. The molecule has 1 amide bonds. The van der Waals surface area contributed by atoms with Gasteiger partial charge in [-0.25, -0.2) is 0 Å². The molecule has 2 aromatic rings. The van der Waals surface area contributed by atoms with Gasteiger partial charge in [0.05, 0.1) is 24.2 Å². The zero-order valence-corrected chi connectivity index (χ0v) is 9.69. The van der Waals surface area contributed by atoms with Crippen molar-refractivity contribution in [3.05, 3.63) is 47.4 Å². The summed E-state index contributed by atoms with van der Waals surface area (Å²) in [6.45, 7) is 1.13. The maximum atomic E-state index is 11.5. The molecular weight excluding hydrogens is 230 g/mol. The molecule has 0 atom stereocenters. The Balaban J connectivity index is 1.83. The molecule has 5 heteroatoms. The normalized spacial score (nSPS) is 13.2. The highest BCUT2D eigenvalue weighted by Gasteiger charge is 2.20. The predicted octanol–water partition coefficient (Wildman–Crippen LogP) is 1.72. The van der Waals surface area contributed by atoms with Crippen molar-refractivity contribution in [2.24, 2.45) is 0 Å². The quantitative estimate of drug-likeness (QED) is 0.717. The van der Waals surface area contributed by atoms with E-state index in [1.807, 2.05) is 18.2 Å². The molecule has 1 aromatic carbocycles. The van der Waals surface area contributed by atoms with Crippen molar-refractivity contribution in [3.8, 4) is 0 Å². The van der Waals surface area contributed by atoms with Crippen LogP contribution in [0.4, 0.5) is 11.4 Å². The van der Waals surface area contributed by atoms with Crippen LogP contribution in [0.3, 0.4) is 0 Å². The van der Waals surface area contributed by atoms with Crippen molar-refractivity contribution in [1.82, 2.24) is 5.32 Å². The van der Waals surface area contributed by atoms with E-state index in [1.54, 1.807) is 12.3 Å². The second kappa shape index (κ2) is 4.10. The molecule has 0 saturated carbocycles. The highest BCUT2D eigenvalue weighted by molar-refractivity contribution is 6.00. The molecule has 0 fully saturated rings. The lowest BCUT2D eigenvalue weighted by Crippen LogP contribution is -2.12. The molecule has 0 saturated heterocycles. The van der Waals surface area contributed by atoms with Crippen LogP contribution >= 0.6 is 0 Å². The first-order valence-electron chi connectivity index (χ1n) is 5.71. The molecule has 0 spiro atoms. The van der Waals surface area contributed by atoms with Gasteiger partial charge in [0.15, 0.2) is 0 Å². The maximum absolute atomic E-state index is 11.5. The summed E-state index contributed by atoms with van der Waals surface area (Å²) in [7, 11) is 0. The number of hydrogen-bond acceptors (Lipinski definition) is 4. The van der Waals surface area contributed by atoms with Crippen LogP contribution in [0.15, 0.2) is 34.9 Å². The van der Waals surface area contributed by atoms with Gasteiger partial charge in [-0.3, -0.25) is 4.79 Å². The lowest BCUT2D eigenvalue weighted by Gasteiger charge is -2.09. The third kappa shape index (κ3) is 1.79. The first-order valence-corrected chi connectivity index (χ1v) is 5.71. The molecule has 0 aliphatic carbocycles. The zero-order valence-electron chi connectivity index (χ0n) is 9.69. The Hall–Kier alpha value is -2.43. The fourth-order valence-electron chi connectivity index (χ4n) is 2.04. The van der Waals surface area contributed by atoms with E-state index in [0.717, 1.165) is 17.0 Å². The molecule has 4 N–H and O–H groups in total. The van der Waals surface area contributed by atoms with E-state index in [9.17, 15) is 4.79 Å². The lowest BCUT2D eigenvalue weighted by atomic mass is 10.1. The number of amides is 1. The molecule has 0 unspecified atom stereocenters. The number of hydrogen-bond donors (Lipinski definition) is 3. The van der Waals surface area contributed by atoms with Gasteiger partial charge in [-0.05, 0) is 29.8 Å². The van der Waals surface area contributed by atoms with Crippen LogP contribution in [0, 0.1) is 0 Å². The summed E-state index contributed by atoms with van der Waals surface area (Å²) < 4.78 is 5.24. The number of nitrogens with two attached hydrogens (primary N) is 1. The first kappa shape index (κ1) is 10.7. The van der Waals surface area contributed by atoms with Crippen LogP contribution in [0.25, 0.3) is 0 Å². The van der Waals surface area contributed by atoms with E-state index >= 15 is 0 Å². The number of nitrogen functional groups attached to an aromatic ring is 1. The van der Waals surface area contributed by atoms with Gasteiger partial charge in [-0.2, -0.15) is 0 Å². The van der Waals surface area contributed by atoms with E-state index in [0.29, 0.717) is 24.3 Å².